The smallest absolute Gasteiger partial charge is 0.246 e. The minimum Gasteiger partial charge on any atom is -0.330 e. The summed E-state index contributed by atoms with van der Waals surface area (Å²) in [4.78, 5) is -0.873. The zero-order chi connectivity index (χ0) is 16.3. The number of rotatable bonds is 7. The minimum absolute atomic E-state index is 0.144. The summed E-state index contributed by atoms with van der Waals surface area (Å²) < 4.78 is 62.7. The maximum atomic E-state index is 13.8. The van der Waals surface area contributed by atoms with Gasteiger partial charge in [0.2, 0.25) is 10.0 Å². The van der Waals surface area contributed by atoms with E-state index in [9.17, 15) is 21.2 Å². The largest absolute Gasteiger partial charge is 0.330 e. The Kier molecular flexibility index (Phi) is 5.85. The Hall–Kier alpha value is -1.03. The number of halogens is 1. The van der Waals surface area contributed by atoms with E-state index in [0.717, 1.165) is 28.8 Å². The molecule has 0 unspecified atom stereocenters. The van der Waals surface area contributed by atoms with Crippen LogP contribution in [0.1, 0.15) is 13.3 Å². The van der Waals surface area contributed by atoms with Crippen molar-refractivity contribution in [2.75, 3.05) is 25.9 Å². The number of hydrogen-bond acceptors (Lipinski definition) is 5. The number of sulfonamides is 1. The molecule has 1 rings (SSSR count). The molecule has 0 amide bonds. The molecular formula is C12H19FN2O4S2. The average molecular weight is 338 g/mol. The van der Waals surface area contributed by atoms with Crippen LogP contribution in [0, 0.1) is 5.82 Å². The normalized spacial score (nSPS) is 12.8. The molecule has 2 N–H and O–H groups in total. The molecule has 0 atom stereocenters. The van der Waals surface area contributed by atoms with Crippen LogP contribution in [0.5, 0.6) is 0 Å². The fourth-order valence-electron chi connectivity index (χ4n) is 1.77. The van der Waals surface area contributed by atoms with Crippen LogP contribution in [0.4, 0.5) is 4.39 Å². The Labute approximate surface area is 124 Å². The maximum absolute atomic E-state index is 13.8. The lowest BCUT2D eigenvalue weighted by Gasteiger charge is -2.20. The summed E-state index contributed by atoms with van der Waals surface area (Å²) >= 11 is 0. The van der Waals surface area contributed by atoms with Crippen molar-refractivity contribution >= 4 is 19.9 Å². The SMILES string of the molecule is CCN(CCCN)S(=O)(=O)c1cc(S(C)(=O)=O)ccc1F. The van der Waals surface area contributed by atoms with Gasteiger partial charge >= 0.3 is 0 Å². The summed E-state index contributed by atoms with van der Waals surface area (Å²) in [7, 11) is -7.72. The van der Waals surface area contributed by atoms with E-state index in [0.29, 0.717) is 13.0 Å². The molecule has 0 spiro atoms. The molecule has 0 saturated heterocycles. The third-order valence-corrected chi connectivity index (χ3v) is 6.01. The van der Waals surface area contributed by atoms with Crippen LogP contribution in [0.15, 0.2) is 28.0 Å². The highest BCUT2D eigenvalue weighted by Gasteiger charge is 2.27. The fraction of sp³-hybridized carbons (Fsp3) is 0.500. The highest BCUT2D eigenvalue weighted by Crippen LogP contribution is 2.23. The van der Waals surface area contributed by atoms with Crippen molar-refractivity contribution in [3.05, 3.63) is 24.0 Å². The second kappa shape index (κ2) is 6.82. The van der Waals surface area contributed by atoms with Crippen molar-refractivity contribution in [2.45, 2.75) is 23.1 Å². The van der Waals surface area contributed by atoms with Gasteiger partial charge in [0.25, 0.3) is 0 Å². The van der Waals surface area contributed by atoms with Crippen molar-refractivity contribution in [1.29, 1.82) is 0 Å². The van der Waals surface area contributed by atoms with Crippen LogP contribution < -0.4 is 5.73 Å². The second-order valence-corrected chi connectivity index (χ2v) is 8.43. The molecule has 6 nitrogen and oxygen atoms in total. The Morgan fingerprint density at radius 1 is 1.24 bits per heavy atom. The van der Waals surface area contributed by atoms with Crippen LogP contribution in [-0.4, -0.2) is 47.0 Å². The van der Waals surface area contributed by atoms with Gasteiger partial charge in [0.05, 0.1) is 4.90 Å². The van der Waals surface area contributed by atoms with Crippen molar-refractivity contribution in [1.82, 2.24) is 4.31 Å². The molecule has 0 aliphatic rings. The lowest BCUT2D eigenvalue weighted by atomic mass is 10.3. The van der Waals surface area contributed by atoms with Crippen LogP contribution in [0.3, 0.4) is 0 Å². The highest BCUT2D eigenvalue weighted by molar-refractivity contribution is 7.91. The van der Waals surface area contributed by atoms with Gasteiger partial charge in [0, 0.05) is 19.3 Å². The molecule has 0 aromatic heterocycles. The lowest BCUT2D eigenvalue weighted by molar-refractivity contribution is 0.418. The van der Waals surface area contributed by atoms with Gasteiger partial charge in [-0.2, -0.15) is 4.31 Å². The third-order valence-electron chi connectivity index (χ3n) is 2.91. The first-order chi connectivity index (χ1) is 9.64. The Bertz CT molecular complexity index is 702. The molecule has 0 bridgehead atoms. The predicted molar refractivity (Wildman–Crippen MR) is 77.6 cm³/mol. The molecule has 1 aromatic rings. The van der Waals surface area contributed by atoms with Gasteiger partial charge in [-0.3, -0.25) is 0 Å². The molecule has 21 heavy (non-hydrogen) atoms. The molecular weight excluding hydrogens is 319 g/mol. The number of hydrogen-bond donors (Lipinski definition) is 1. The molecule has 9 heteroatoms. The molecule has 0 radical (unpaired) electrons. The second-order valence-electron chi connectivity index (χ2n) is 4.50. The first-order valence-corrected chi connectivity index (χ1v) is 9.67. The maximum Gasteiger partial charge on any atom is 0.246 e. The summed E-state index contributed by atoms with van der Waals surface area (Å²) in [5, 5.41) is 0. The van der Waals surface area contributed by atoms with Crippen molar-refractivity contribution < 1.29 is 21.2 Å². The number of nitrogens with two attached hydrogens (primary N) is 1. The molecule has 120 valence electrons. The van der Waals surface area contributed by atoms with Crippen LogP contribution in [-0.2, 0) is 19.9 Å². The third kappa shape index (κ3) is 4.22. The fourth-order valence-corrected chi connectivity index (χ4v) is 4.07. The number of nitrogens with zero attached hydrogens (tertiary/aromatic N) is 1. The Morgan fingerprint density at radius 2 is 1.86 bits per heavy atom. The quantitative estimate of drug-likeness (QED) is 0.734. The monoisotopic (exact) mass is 338 g/mol. The highest BCUT2D eigenvalue weighted by atomic mass is 32.2. The van der Waals surface area contributed by atoms with Gasteiger partial charge in [-0.25, -0.2) is 21.2 Å². The summed E-state index contributed by atoms with van der Waals surface area (Å²) in [6.45, 7) is 2.22. The molecule has 0 aliphatic carbocycles. The van der Waals surface area contributed by atoms with Crippen molar-refractivity contribution in [3.8, 4) is 0 Å². The first kappa shape index (κ1) is 18.0. The van der Waals surface area contributed by atoms with Gasteiger partial charge in [-0.15, -0.1) is 0 Å². The van der Waals surface area contributed by atoms with E-state index < -0.39 is 30.6 Å². The van der Waals surface area contributed by atoms with Crippen molar-refractivity contribution in [2.24, 2.45) is 5.73 Å². The number of benzene rings is 1. The zero-order valence-corrected chi connectivity index (χ0v) is 13.5. The summed E-state index contributed by atoms with van der Waals surface area (Å²) in [6, 6.07) is 2.74. The van der Waals surface area contributed by atoms with Crippen molar-refractivity contribution in [3.63, 3.8) is 0 Å². The molecule has 0 saturated carbocycles. The van der Waals surface area contributed by atoms with E-state index in [4.69, 9.17) is 5.73 Å². The molecule has 0 aliphatic heterocycles. The van der Waals surface area contributed by atoms with Gasteiger partial charge in [0.15, 0.2) is 9.84 Å². The topological polar surface area (TPSA) is 97.5 Å². The van der Waals surface area contributed by atoms with Crippen LogP contribution >= 0.6 is 0 Å². The van der Waals surface area contributed by atoms with Gasteiger partial charge in [-0.05, 0) is 31.2 Å². The molecule has 1 aromatic carbocycles. The minimum atomic E-state index is -4.10. The van der Waals surface area contributed by atoms with Crippen LogP contribution in [0.2, 0.25) is 0 Å². The Balaban J connectivity index is 3.36. The van der Waals surface area contributed by atoms with E-state index in [1.807, 2.05) is 0 Å². The van der Waals surface area contributed by atoms with Gasteiger partial charge in [0.1, 0.15) is 10.7 Å². The van der Waals surface area contributed by atoms with Gasteiger partial charge in [-0.1, -0.05) is 6.92 Å². The van der Waals surface area contributed by atoms with Gasteiger partial charge < -0.3 is 5.73 Å². The zero-order valence-electron chi connectivity index (χ0n) is 11.9. The first-order valence-electron chi connectivity index (χ1n) is 6.34. The van der Waals surface area contributed by atoms with E-state index >= 15 is 0 Å². The van der Waals surface area contributed by atoms with E-state index in [-0.39, 0.29) is 18.0 Å². The summed E-state index contributed by atoms with van der Waals surface area (Å²) in [6.07, 6.45) is 1.36. The molecule has 0 heterocycles. The summed E-state index contributed by atoms with van der Waals surface area (Å²) in [5.74, 6) is -0.978. The standard InChI is InChI=1S/C12H19FN2O4S2/c1-3-15(8-4-7-14)21(18,19)12-9-10(20(2,16)17)5-6-11(12)13/h5-6,9H,3-4,7-8,14H2,1-2H3. The number of sulfone groups is 1. The summed E-state index contributed by atoms with van der Waals surface area (Å²) in [5.41, 5.74) is 5.35. The Morgan fingerprint density at radius 3 is 2.33 bits per heavy atom. The molecule has 0 fully saturated rings. The average Bonchev–Trinajstić information content (AvgIpc) is 2.38. The van der Waals surface area contributed by atoms with Crippen LogP contribution in [0.25, 0.3) is 0 Å². The van der Waals surface area contributed by atoms with E-state index in [1.54, 1.807) is 6.92 Å². The van der Waals surface area contributed by atoms with E-state index in [1.165, 1.54) is 0 Å². The lowest BCUT2D eigenvalue weighted by Crippen LogP contribution is -2.33. The van der Waals surface area contributed by atoms with E-state index in [2.05, 4.69) is 0 Å². The predicted octanol–water partition coefficient (Wildman–Crippen LogP) is 0.589.